The molecule has 1 atom stereocenters. The topological polar surface area (TPSA) is 107 Å². The highest BCUT2D eigenvalue weighted by Gasteiger charge is 2.42. The first kappa shape index (κ1) is 22.2. The van der Waals surface area contributed by atoms with E-state index in [1.54, 1.807) is 19.2 Å². The number of ether oxygens (including phenoxy) is 2. The monoisotopic (exact) mass is 456 g/mol. The summed E-state index contributed by atoms with van der Waals surface area (Å²) in [6, 6.07) is 7.25. The van der Waals surface area contributed by atoms with Crippen LogP contribution in [0.4, 0.5) is 8.78 Å². The Hall–Kier alpha value is -4.04. The fourth-order valence-electron chi connectivity index (χ4n) is 3.47. The van der Waals surface area contributed by atoms with Gasteiger partial charge in [-0.15, -0.1) is 0 Å². The SMILES string of the molecule is COC(=O)c1nn(-c2cc(C#C[C@]3(O)CCN(C)C3=O)cc(OC(F)F)c2)c2ncccc12. The minimum atomic E-state index is -3.10. The first-order valence-corrected chi connectivity index (χ1v) is 9.75. The van der Waals surface area contributed by atoms with E-state index < -0.39 is 24.1 Å². The average molecular weight is 456 g/mol. The fraction of sp³-hybridized carbons (Fsp3) is 0.273. The Balaban J connectivity index is 1.85. The molecule has 3 heterocycles. The third kappa shape index (κ3) is 4.20. The van der Waals surface area contributed by atoms with Crippen molar-refractivity contribution in [2.24, 2.45) is 0 Å². The molecule has 1 aliphatic rings. The quantitative estimate of drug-likeness (QED) is 0.471. The second-order valence-electron chi connectivity index (χ2n) is 7.31. The smallest absolute Gasteiger partial charge is 0.387 e. The number of carbonyl (C=O) groups excluding carboxylic acids is 2. The lowest BCUT2D eigenvalue weighted by Gasteiger charge is -2.13. The van der Waals surface area contributed by atoms with Gasteiger partial charge in [0.25, 0.3) is 5.91 Å². The molecular weight excluding hydrogens is 438 g/mol. The van der Waals surface area contributed by atoms with E-state index in [1.165, 1.54) is 41.1 Å². The van der Waals surface area contributed by atoms with Crippen LogP contribution >= 0.6 is 0 Å². The zero-order valence-electron chi connectivity index (χ0n) is 17.6. The molecule has 1 aromatic carbocycles. The van der Waals surface area contributed by atoms with Crippen LogP contribution in [0.15, 0.2) is 36.5 Å². The van der Waals surface area contributed by atoms with Gasteiger partial charge in [-0.05, 0) is 24.3 Å². The Bertz CT molecular complexity index is 1310. The van der Waals surface area contributed by atoms with E-state index in [-0.39, 0.29) is 34.8 Å². The summed E-state index contributed by atoms with van der Waals surface area (Å²) in [6.07, 6.45) is 1.60. The van der Waals surface area contributed by atoms with Crippen molar-refractivity contribution in [3.63, 3.8) is 0 Å². The van der Waals surface area contributed by atoms with Crippen LogP contribution in [0.25, 0.3) is 16.7 Å². The molecule has 0 radical (unpaired) electrons. The Labute approximate surface area is 186 Å². The molecule has 1 aliphatic heterocycles. The van der Waals surface area contributed by atoms with Crippen molar-refractivity contribution in [2.45, 2.75) is 18.6 Å². The van der Waals surface area contributed by atoms with Gasteiger partial charge in [0.2, 0.25) is 5.60 Å². The third-order valence-electron chi connectivity index (χ3n) is 5.11. The molecule has 0 aliphatic carbocycles. The number of rotatable bonds is 4. The molecule has 3 aromatic rings. The van der Waals surface area contributed by atoms with Gasteiger partial charge < -0.3 is 19.5 Å². The van der Waals surface area contributed by atoms with Crippen molar-refractivity contribution in [3.05, 3.63) is 47.8 Å². The van der Waals surface area contributed by atoms with Crippen LogP contribution in [0.3, 0.4) is 0 Å². The molecule has 0 saturated carbocycles. The van der Waals surface area contributed by atoms with Crippen LogP contribution in [0.1, 0.15) is 22.5 Å². The summed E-state index contributed by atoms with van der Waals surface area (Å²) in [5.41, 5.74) is -1.21. The van der Waals surface area contributed by atoms with E-state index >= 15 is 0 Å². The second-order valence-corrected chi connectivity index (χ2v) is 7.31. The normalized spacial score (nSPS) is 17.9. The number of hydrogen-bond acceptors (Lipinski definition) is 7. The molecule has 4 rings (SSSR count). The van der Waals surface area contributed by atoms with E-state index in [2.05, 4.69) is 26.7 Å². The number of nitrogens with zero attached hydrogens (tertiary/aromatic N) is 4. The zero-order valence-corrected chi connectivity index (χ0v) is 17.6. The number of methoxy groups -OCH3 is 1. The predicted molar refractivity (Wildman–Crippen MR) is 111 cm³/mol. The summed E-state index contributed by atoms with van der Waals surface area (Å²) in [4.78, 5) is 29.9. The van der Waals surface area contributed by atoms with E-state index in [4.69, 9.17) is 4.74 Å². The molecule has 0 unspecified atom stereocenters. The van der Waals surface area contributed by atoms with Crippen molar-refractivity contribution >= 4 is 22.9 Å². The lowest BCUT2D eigenvalue weighted by atomic mass is 10.0. The lowest BCUT2D eigenvalue weighted by Crippen LogP contribution is -2.37. The first-order chi connectivity index (χ1) is 15.7. The van der Waals surface area contributed by atoms with Crippen molar-refractivity contribution in [3.8, 4) is 23.3 Å². The number of fused-ring (bicyclic) bond motifs is 1. The molecule has 1 amide bonds. The number of aliphatic hydroxyl groups is 1. The lowest BCUT2D eigenvalue weighted by molar-refractivity contribution is -0.137. The van der Waals surface area contributed by atoms with Gasteiger partial charge in [0.1, 0.15) is 5.75 Å². The predicted octanol–water partition coefficient (Wildman–Crippen LogP) is 1.75. The van der Waals surface area contributed by atoms with E-state index in [1.807, 2.05) is 0 Å². The molecule has 1 N–H and O–H groups in total. The summed E-state index contributed by atoms with van der Waals surface area (Å²) in [7, 11) is 2.76. The number of pyridine rings is 1. The maximum atomic E-state index is 12.9. The highest BCUT2D eigenvalue weighted by atomic mass is 19.3. The maximum Gasteiger partial charge on any atom is 0.387 e. The highest BCUT2D eigenvalue weighted by molar-refractivity contribution is 6.01. The van der Waals surface area contributed by atoms with Crippen molar-refractivity contribution < 1.29 is 33.0 Å². The number of alkyl halides is 2. The zero-order chi connectivity index (χ0) is 23.8. The summed E-state index contributed by atoms with van der Waals surface area (Å²) in [5.74, 6) is 3.73. The summed E-state index contributed by atoms with van der Waals surface area (Å²) >= 11 is 0. The second kappa shape index (κ2) is 8.48. The number of amides is 1. The van der Waals surface area contributed by atoms with Crippen LogP contribution in [-0.2, 0) is 9.53 Å². The van der Waals surface area contributed by atoms with Crippen LogP contribution in [0, 0.1) is 11.8 Å². The van der Waals surface area contributed by atoms with Crippen LogP contribution in [-0.4, -0.2) is 69.6 Å². The number of likely N-dealkylation sites (N-methyl/N-ethyl adjacent to an activating group) is 1. The molecule has 0 bridgehead atoms. The number of halogens is 2. The Morgan fingerprint density at radius 1 is 1.33 bits per heavy atom. The Kier molecular flexibility index (Phi) is 5.69. The average Bonchev–Trinajstić information content (AvgIpc) is 3.30. The third-order valence-corrected chi connectivity index (χ3v) is 5.11. The van der Waals surface area contributed by atoms with Gasteiger partial charge in [0.05, 0.1) is 18.2 Å². The number of benzene rings is 1. The molecule has 170 valence electrons. The standard InChI is InChI=1S/C22H18F2N4O5/c1-27-9-7-22(31,20(27)30)6-5-13-10-14(12-15(11-13)33-21(23)24)28-18-16(4-3-8-25-18)17(26-28)19(29)32-2/h3-4,8,10-12,21,31H,7,9H2,1-2H3/t22-/m0/s1. The number of hydrogen-bond donors (Lipinski definition) is 1. The maximum absolute atomic E-state index is 12.9. The highest BCUT2D eigenvalue weighted by Crippen LogP contribution is 2.26. The number of likely N-dealkylation sites (tertiary alicyclic amines) is 1. The fourth-order valence-corrected chi connectivity index (χ4v) is 3.47. The van der Waals surface area contributed by atoms with Gasteiger partial charge in [-0.1, -0.05) is 11.8 Å². The molecule has 33 heavy (non-hydrogen) atoms. The van der Waals surface area contributed by atoms with Crippen LogP contribution in [0.5, 0.6) is 5.75 Å². The minimum absolute atomic E-state index is 0.0117. The first-order valence-electron chi connectivity index (χ1n) is 9.75. The molecule has 9 nitrogen and oxygen atoms in total. The van der Waals surface area contributed by atoms with E-state index in [0.717, 1.165) is 0 Å². The van der Waals surface area contributed by atoms with Crippen LogP contribution in [0.2, 0.25) is 0 Å². The van der Waals surface area contributed by atoms with Gasteiger partial charge >= 0.3 is 12.6 Å². The number of aromatic nitrogens is 3. The summed E-state index contributed by atoms with van der Waals surface area (Å²) in [5, 5.41) is 15.2. The molecular formula is C22H18F2N4O5. The van der Waals surface area contributed by atoms with Crippen molar-refractivity contribution in [2.75, 3.05) is 20.7 Å². The number of carbonyl (C=O) groups is 2. The Morgan fingerprint density at radius 2 is 2.12 bits per heavy atom. The molecule has 1 fully saturated rings. The van der Waals surface area contributed by atoms with Gasteiger partial charge in [0.15, 0.2) is 11.3 Å². The van der Waals surface area contributed by atoms with E-state index in [9.17, 15) is 23.5 Å². The summed E-state index contributed by atoms with van der Waals surface area (Å²) < 4.78 is 36.5. The largest absolute Gasteiger partial charge is 0.464 e. The molecule has 2 aromatic heterocycles. The van der Waals surface area contributed by atoms with Gasteiger partial charge in [-0.3, -0.25) is 4.79 Å². The van der Waals surface area contributed by atoms with Crippen molar-refractivity contribution in [1.29, 1.82) is 0 Å². The summed E-state index contributed by atoms with van der Waals surface area (Å²) in [6.45, 7) is -2.76. The molecule has 1 saturated heterocycles. The minimum Gasteiger partial charge on any atom is -0.464 e. The van der Waals surface area contributed by atoms with Crippen LogP contribution < -0.4 is 4.74 Å². The van der Waals surface area contributed by atoms with Crippen molar-refractivity contribution in [1.82, 2.24) is 19.7 Å². The van der Waals surface area contributed by atoms with E-state index in [0.29, 0.717) is 11.9 Å². The van der Waals surface area contributed by atoms with Gasteiger partial charge in [0, 0.05) is 37.8 Å². The molecule has 0 spiro atoms. The number of esters is 1. The van der Waals surface area contributed by atoms with Gasteiger partial charge in [-0.2, -0.15) is 13.9 Å². The van der Waals surface area contributed by atoms with Gasteiger partial charge in [-0.25, -0.2) is 14.5 Å². The molecule has 11 heteroatoms. The Morgan fingerprint density at radius 3 is 2.79 bits per heavy atom.